The molecule has 120 valence electrons. The van der Waals surface area contributed by atoms with Crippen LogP contribution in [0.25, 0.3) is 0 Å². The second-order valence-electron chi connectivity index (χ2n) is 5.41. The minimum atomic E-state index is 0. The molecule has 2 heterocycles. The molecule has 0 aliphatic carbocycles. The van der Waals surface area contributed by atoms with E-state index in [0.29, 0.717) is 11.1 Å². The quantitative estimate of drug-likeness (QED) is 0.888. The van der Waals surface area contributed by atoms with Crippen molar-refractivity contribution in [1.29, 1.82) is 0 Å². The van der Waals surface area contributed by atoms with Gasteiger partial charge in [-0.1, -0.05) is 35.5 Å². The van der Waals surface area contributed by atoms with Gasteiger partial charge in [-0.25, -0.2) is 0 Å². The molecule has 1 fully saturated rings. The smallest absolute Gasteiger partial charge is 0.299 e. The van der Waals surface area contributed by atoms with E-state index in [9.17, 15) is 0 Å². The first kappa shape index (κ1) is 17.2. The lowest BCUT2D eigenvalue weighted by Gasteiger charge is -2.22. The van der Waals surface area contributed by atoms with Crippen LogP contribution in [-0.2, 0) is 6.42 Å². The van der Waals surface area contributed by atoms with Crippen molar-refractivity contribution in [2.75, 3.05) is 13.1 Å². The lowest BCUT2D eigenvalue weighted by Crippen LogP contribution is -2.26. The van der Waals surface area contributed by atoms with Gasteiger partial charge in [0.15, 0.2) is 0 Å². The zero-order chi connectivity index (χ0) is 14.5. The number of rotatable bonds is 5. The lowest BCUT2D eigenvalue weighted by atomic mass is 9.90. The average Bonchev–Trinajstić information content (AvgIpc) is 2.97. The molecule has 1 N–H and O–H groups in total. The van der Waals surface area contributed by atoms with Gasteiger partial charge in [0.2, 0.25) is 0 Å². The highest BCUT2D eigenvalue weighted by molar-refractivity contribution is 7.13. The summed E-state index contributed by atoms with van der Waals surface area (Å²) in [6.45, 7) is 4.38. The van der Waals surface area contributed by atoms with Gasteiger partial charge in [0.05, 0.1) is 0 Å². The van der Waals surface area contributed by atoms with Crippen molar-refractivity contribution in [3.63, 3.8) is 0 Å². The molecule has 1 saturated heterocycles. The van der Waals surface area contributed by atoms with Gasteiger partial charge >= 0.3 is 0 Å². The first-order valence-corrected chi connectivity index (χ1v) is 8.47. The van der Waals surface area contributed by atoms with E-state index >= 15 is 0 Å². The summed E-state index contributed by atoms with van der Waals surface area (Å²) >= 11 is 1.53. The largest absolute Gasteiger partial charge is 0.430 e. The van der Waals surface area contributed by atoms with Crippen LogP contribution in [0, 0.1) is 0 Å². The fourth-order valence-corrected chi connectivity index (χ4v) is 3.47. The standard InChI is InChI=1S/C16H21N3OS.ClH/c1-2-3-15-18-19-16(21-15)20-14-6-4-12(5-7-14)13-8-10-17-11-9-13;/h4-7,13,17H,2-3,8-11H2,1H3;1H. The molecule has 2 aromatic rings. The summed E-state index contributed by atoms with van der Waals surface area (Å²) in [6.07, 6.45) is 4.49. The predicted octanol–water partition coefficient (Wildman–Crippen LogP) is 4.17. The summed E-state index contributed by atoms with van der Waals surface area (Å²) in [6, 6.07) is 8.44. The third-order valence-corrected chi connectivity index (χ3v) is 4.67. The van der Waals surface area contributed by atoms with Gasteiger partial charge in [0.1, 0.15) is 10.8 Å². The van der Waals surface area contributed by atoms with Crippen LogP contribution < -0.4 is 10.1 Å². The molecule has 1 aliphatic heterocycles. The maximum absolute atomic E-state index is 5.78. The zero-order valence-corrected chi connectivity index (χ0v) is 14.4. The van der Waals surface area contributed by atoms with E-state index in [2.05, 4.69) is 34.6 Å². The van der Waals surface area contributed by atoms with Crippen molar-refractivity contribution in [3.05, 3.63) is 34.8 Å². The summed E-state index contributed by atoms with van der Waals surface area (Å²) < 4.78 is 5.78. The van der Waals surface area contributed by atoms with Crippen LogP contribution in [0.3, 0.4) is 0 Å². The van der Waals surface area contributed by atoms with Gasteiger partial charge in [-0.2, -0.15) is 0 Å². The first-order valence-electron chi connectivity index (χ1n) is 7.66. The van der Waals surface area contributed by atoms with E-state index < -0.39 is 0 Å². The Balaban J connectivity index is 0.00000176. The number of aromatic nitrogens is 2. The number of aryl methyl sites for hydroxylation is 1. The molecule has 3 rings (SSSR count). The minimum absolute atomic E-state index is 0. The Bertz CT molecular complexity index is 567. The average molecular weight is 340 g/mol. The Morgan fingerprint density at radius 3 is 2.59 bits per heavy atom. The van der Waals surface area contributed by atoms with Crippen molar-refractivity contribution >= 4 is 23.7 Å². The Hall–Kier alpha value is -1.17. The number of nitrogens with one attached hydrogen (secondary N) is 1. The third-order valence-electron chi connectivity index (χ3n) is 3.81. The molecular formula is C16H22ClN3OS. The number of ether oxygens (including phenoxy) is 1. The number of benzene rings is 1. The second-order valence-corrected chi connectivity index (χ2v) is 6.43. The number of piperidine rings is 1. The Kier molecular flexibility index (Phi) is 6.61. The van der Waals surface area contributed by atoms with Crippen LogP contribution in [0.1, 0.15) is 42.7 Å². The van der Waals surface area contributed by atoms with E-state index in [0.717, 1.165) is 36.7 Å². The van der Waals surface area contributed by atoms with E-state index in [1.165, 1.54) is 29.7 Å². The highest BCUT2D eigenvalue weighted by Gasteiger charge is 2.15. The SMILES string of the molecule is CCCc1nnc(Oc2ccc(C3CCNCC3)cc2)s1.Cl. The van der Waals surface area contributed by atoms with Gasteiger partial charge in [0.25, 0.3) is 5.19 Å². The van der Waals surface area contributed by atoms with Gasteiger partial charge < -0.3 is 10.1 Å². The molecule has 0 amide bonds. The Labute approximate surface area is 141 Å². The van der Waals surface area contributed by atoms with E-state index in [-0.39, 0.29) is 12.4 Å². The Morgan fingerprint density at radius 1 is 1.18 bits per heavy atom. The predicted molar refractivity (Wildman–Crippen MR) is 92.5 cm³/mol. The van der Waals surface area contributed by atoms with Crippen molar-refractivity contribution in [1.82, 2.24) is 15.5 Å². The molecule has 1 aromatic heterocycles. The van der Waals surface area contributed by atoms with Crippen molar-refractivity contribution in [2.45, 2.75) is 38.5 Å². The number of nitrogens with zero attached hydrogens (tertiary/aromatic N) is 2. The molecule has 1 aromatic carbocycles. The highest BCUT2D eigenvalue weighted by Crippen LogP contribution is 2.29. The van der Waals surface area contributed by atoms with Crippen LogP contribution in [0.15, 0.2) is 24.3 Å². The summed E-state index contributed by atoms with van der Waals surface area (Å²) in [4.78, 5) is 0. The molecule has 0 bridgehead atoms. The molecule has 0 radical (unpaired) electrons. The van der Waals surface area contributed by atoms with Crippen molar-refractivity contribution < 1.29 is 4.74 Å². The number of hydrogen-bond donors (Lipinski definition) is 1. The number of halogens is 1. The van der Waals surface area contributed by atoms with Crippen molar-refractivity contribution in [2.24, 2.45) is 0 Å². The maximum Gasteiger partial charge on any atom is 0.299 e. The lowest BCUT2D eigenvalue weighted by molar-refractivity contribution is 0.457. The topological polar surface area (TPSA) is 47.0 Å². The van der Waals surface area contributed by atoms with Gasteiger partial charge in [-0.05, 0) is 56.0 Å². The molecule has 1 aliphatic rings. The molecule has 0 saturated carbocycles. The molecule has 0 unspecified atom stereocenters. The van der Waals surface area contributed by atoms with Gasteiger partial charge in [0, 0.05) is 6.42 Å². The summed E-state index contributed by atoms with van der Waals surface area (Å²) in [5, 5.41) is 13.3. The van der Waals surface area contributed by atoms with E-state index in [4.69, 9.17) is 4.74 Å². The maximum atomic E-state index is 5.78. The third kappa shape index (κ3) is 4.41. The fourth-order valence-electron chi connectivity index (χ4n) is 2.66. The van der Waals surface area contributed by atoms with E-state index in [1.807, 2.05) is 12.1 Å². The highest BCUT2D eigenvalue weighted by atomic mass is 35.5. The van der Waals surface area contributed by atoms with Crippen LogP contribution in [-0.4, -0.2) is 23.3 Å². The minimum Gasteiger partial charge on any atom is -0.430 e. The fraction of sp³-hybridized carbons (Fsp3) is 0.500. The molecule has 22 heavy (non-hydrogen) atoms. The Morgan fingerprint density at radius 2 is 1.91 bits per heavy atom. The number of hydrogen-bond acceptors (Lipinski definition) is 5. The summed E-state index contributed by atoms with van der Waals surface area (Å²) in [5.74, 6) is 1.52. The van der Waals surface area contributed by atoms with Crippen molar-refractivity contribution in [3.8, 4) is 10.9 Å². The molecule has 4 nitrogen and oxygen atoms in total. The van der Waals surface area contributed by atoms with Crippen LogP contribution in [0.5, 0.6) is 10.9 Å². The molecular weight excluding hydrogens is 318 g/mol. The normalized spacial score (nSPS) is 15.3. The second kappa shape index (κ2) is 8.46. The van der Waals surface area contributed by atoms with E-state index in [1.54, 1.807) is 0 Å². The van der Waals surface area contributed by atoms with Crippen LogP contribution >= 0.6 is 23.7 Å². The van der Waals surface area contributed by atoms with Crippen LogP contribution in [0.2, 0.25) is 0 Å². The first-order chi connectivity index (χ1) is 10.3. The monoisotopic (exact) mass is 339 g/mol. The molecule has 0 spiro atoms. The summed E-state index contributed by atoms with van der Waals surface area (Å²) in [5.41, 5.74) is 1.41. The van der Waals surface area contributed by atoms with Gasteiger partial charge in [-0.15, -0.1) is 17.5 Å². The molecule has 0 atom stereocenters. The molecule has 6 heteroatoms. The zero-order valence-electron chi connectivity index (χ0n) is 12.7. The van der Waals surface area contributed by atoms with Crippen LogP contribution in [0.4, 0.5) is 0 Å². The van der Waals surface area contributed by atoms with Gasteiger partial charge in [-0.3, -0.25) is 0 Å². The summed E-state index contributed by atoms with van der Waals surface area (Å²) in [7, 11) is 0.